The molecule has 0 saturated heterocycles. The van der Waals surface area contributed by atoms with E-state index in [1.165, 1.54) is 23.9 Å². The second-order valence-electron chi connectivity index (χ2n) is 4.89. The van der Waals surface area contributed by atoms with Gasteiger partial charge in [0.05, 0.1) is 11.7 Å². The smallest absolute Gasteiger partial charge is 0.231 e. The van der Waals surface area contributed by atoms with E-state index in [2.05, 4.69) is 29.3 Å². The Bertz CT molecular complexity index is 572. The molecule has 4 nitrogen and oxygen atoms in total. The zero-order valence-electron chi connectivity index (χ0n) is 12.5. The molecule has 21 heavy (non-hydrogen) atoms. The van der Waals surface area contributed by atoms with Crippen LogP contribution in [0.15, 0.2) is 33.7 Å². The summed E-state index contributed by atoms with van der Waals surface area (Å²) in [5.41, 5.74) is 0. The fourth-order valence-corrected chi connectivity index (χ4v) is 2.98. The molecular weight excluding hydrogens is 289 g/mol. The van der Waals surface area contributed by atoms with Gasteiger partial charge in [0.1, 0.15) is 5.82 Å². The van der Waals surface area contributed by atoms with Crippen LogP contribution in [0, 0.1) is 5.82 Å². The number of benzene rings is 1. The number of nitrogens with one attached hydrogen (secondary N) is 1. The van der Waals surface area contributed by atoms with Crippen molar-refractivity contribution in [3.63, 3.8) is 0 Å². The summed E-state index contributed by atoms with van der Waals surface area (Å²) in [6.45, 7) is 4.19. The summed E-state index contributed by atoms with van der Waals surface area (Å²) in [7, 11) is 1.93. The van der Waals surface area contributed by atoms with Crippen molar-refractivity contribution in [2.24, 2.45) is 0 Å². The maximum atomic E-state index is 13.1. The summed E-state index contributed by atoms with van der Waals surface area (Å²) in [6.07, 6.45) is 0.993. The molecule has 1 heterocycles. The third-order valence-electron chi connectivity index (χ3n) is 3.45. The molecule has 0 spiro atoms. The summed E-state index contributed by atoms with van der Waals surface area (Å²) in [5.74, 6) is 1.78. The molecule has 0 saturated carbocycles. The zero-order valence-corrected chi connectivity index (χ0v) is 13.3. The average Bonchev–Trinajstić information content (AvgIpc) is 2.95. The standard InChI is InChI=1S/C15H20FN3OS/c1-4-13(17-3)10(2)15-18-14(19-20-15)9-21-12-7-5-6-11(16)8-12/h5-8,10,13,17H,4,9H2,1-3H3. The first kappa shape index (κ1) is 16.0. The van der Waals surface area contributed by atoms with Crippen LogP contribution in [0.25, 0.3) is 0 Å². The van der Waals surface area contributed by atoms with Crippen molar-refractivity contribution in [1.29, 1.82) is 0 Å². The molecule has 1 aromatic heterocycles. The molecule has 0 fully saturated rings. The van der Waals surface area contributed by atoms with Crippen molar-refractivity contribution >= 4 is 11.8 Å². The number of aromatic nitrogens is 2. The van der Waals surface area contributed by atoms with Gasteiger partial charge in [-0.3, -0.25) is 0 Å². The lowest BCUT2D eigenvalue weighted by Gasteiger charge is -2.18. The number of hydrogen-bond acceptors (Lipinski definition) is 5. The van der Waals surface area contributed by atoms with Gasteiger partial charge < -0.3 is 9.84 Å². The fraction of sp³-hybridized carbons (Fsp3) is 0.467. The minimum absolute atomic E-state index is 0.167. The first-order chi connectivity index (χ1) is 10.1. The topological polar surface area (TPSA) is 51.0 Å². The molecule has 0 radical (unpaired) electrons. The Hall–Kier alpha value is -1.40. The van der Waals surface area contributed by atoms with Gasteiger partial charge in [-0.2, -0.15) is 4.98 Å². The van der Waals surface area contributed by atoms with Crippen LogP contribution in [-0.2, 0) is 5.75 Å². The lowest BCUT2D eigenvalue weighted by Crippen LogP contribution is -2.30. The van der Waals surface area contributed by atoms with E-state index in [4.69, 9.17) is 4.52 Å². The van der Waals surface area contributed by atoms with Crippen molar-refractivity contribution in [2.75, 3.05) is 7.05 Å². The first-order valence-electron chi connectivity index (χ1n) is 7.02. The molecule has 0 aliphatic carbocycles. The Balaban J connectivity index is 1.97. The number of likely N-dealkylation sites (N-methyl/N-ethyl adjacent to an activating group) is 1. The summed E-state index contributed by atoms with van der Waals surface area (Å²) in [6, 6.07) is 6.81. The fourth-order valence-electron chi connectivity index (χ4n) is 2.20. The van der Waals surface area contributed by atoms with Crippen LogP contribution in [0.1, 0.15) is 37.9 Å². The van der Waals surface area contributed by atoms with Crippen molar-refractivity contribution in [2.45, 2.75) is 42.9 Å². The minimum atomic E-state index is -0.234. The van der Waals surface area contributed by atoms with Gasteiger partial charge in [-0.1, -0.05) is 25.1 Å². The van der Waals surface area contributed by atoms with Crippen molar-refractivity contribution in [1.82, 2.24) is 15.5 Å². The summed E-state index contributed by atoms with van der Waals surface area (Å²) < 4.78 is 18.4. The molecule has 0 aliphatic rings. The molecule has 114 valence electrons. The lowest BCUT2D eigenvalue weighted by molar-refractivity contribution is 0.324. The van der Waals surface area contributed by atoms with Crippen LogP contribution in [0.4, 0.5) is 4.39 Å². The minimum Gasteiger partial charge on any atom is -0.339 e. The van der Waals surface area contributed by atoms with Crippen molar-refractivity contribution in [3.05, 3.63) is 41.8 Å². The van der Waals surface area contributed by atoms with Gasteiger partial charge in [0.2, 0.25) is 5.89 Å². The van der Waals surface area contributed by atoms with E-state index in [0.717, 1.165) is 11.3 Å². The second kappa shape index (κ2) is 7.56. The number of thioether (sulfide) groups is 1. The molecule has 0 bridgehead atoms. The Morgan fingerprint density at radius 2 is 2.24 bits per heavy atom. The van der Waals surface area contributed by atoms with Gasteiger partial charge >= 0.3 is 0 Å². The van der Waals surface area contributed by atoms with E-state index in [-0.39, 0.29) is 11.7 Å². The van der Waals surface area contributed by atoms with Gasteiger partial charge in [0.15, 0.2) is 5.82 Å². The quantitative estimate of drug-likeness (QED) is 0.792. The highest BCUT2D eigenvalue weighted by molar-refractivity contribution is 7.98. The Kier molecular flexibility index (Phi) is 5.76. The Morgan fingerprint density at radius 1 is 1.43 bits per heavy atom. The highest BCUT2D eigenvalue weighted by atomic mass is 32.2. The normalized spacial score (nSPS) is 14.1. The van der Waals surface area contributed by atoms with Crippen LogP contribution >= 0.6 is 11.8 Å². The average molecular weight is 309 g/mol. The monoisotopic (exact) mass is 309 g/mol. The third-order valence-corrected chi connectivity index (χ3v) is 4.44. The van der Waals surface area contributed by atoms with Crippen LogP contribution in [0.5, 0.6) is 0 Å². The molecule has 2 unspecified atom stereocenters. The predicted molar refractivity (Wildman–Crippen MR) is 81.8 cm³/mol. The van der Waals surface area contributed by atoms with Gasteiger partial charge in [-0.25, -0.2) is 4.39 Å². The molecule has 6 heteroatoms. The number of hydrogen-bond donors (Lipinski definition) is 1. The van der Waals surface area contributed by atoms with E-state index in [0.29, 0.717) is 23.5 Å². The van der Waals surface area contributed by atoms with E-state index in [9.17, 15) is 4.39 Å². The maximum absolute atomic E-state index is 13.1. The largest absolute Gasteiger partial charge is 0.339 e. The van der Waals surface area contributed by atoms with Crippen LogP contribution in [0.3, 0.4) is 0 Å². The summed E-state index contributed by atoms with van der Waals surface area (Å²) >= 11 is 1.49. The van der Waals surface area contributed by atoms with Gasteiger partial charge in [-0.05, 0) is 31.7 Å². The molecule has 2 aromatic rings. The van der Waals surface area contributed by atoms with Gasteiger partial charge in [-0.15, -0.1) is 11.8 Å². The number of nitrogens with zero attached hydrogens (tertiary/aromatic N) is 2. The van der Waals surface area contributed by atoms with Crippen molar-refractivity contribution in [3.8, 4) is 0 Å². The van der Waals surface area contributed by atoms with Crippen LogP contribution in [0.2, 0.25) is 0 Å². The van der Waals surface area contributed by atoms with Gasteiger partial charge in [0, 0.05) is 10.9 Å². The predicted octanol–water partition coefficient (Wildman–Crippen LogP) is 3.60. The summed E-state index contributed by atoms with van der Waals surface area (Å²) in [5, 5.41) is 7.25. The van der Waals surface area contributed by atoms with Crippen LogP contribution in [-0.4, -0.2) is 23.2 Å². The SMILES string of the molecule is CCC(NC)C(C)c1nc(CSc2cccc(F)c2)no1. The van der Waals surface area contributed by atoms with E-state index in [1.54, 1.807) is 6.07 Å². The molecule has 2 atom stereocenters. The van der Waals surface area contributed by atoms with Crippen molar-refractivity contribution < 1.29 is 8.91 Å². The molecule has 0 aliphatic heterocycles. The lowest BCUT2D eigenvalue weighted by atomic mass is 10.00. The molecular formula is C15H20FN3OS. The van der Waals surface area contributed by atoms with E-state index in [1.807, 2.05) is 13.1 Å². The third kappa shape index (κ3) is 4.28. The van der Waals surface area contributed by atoms with E-state index >= 15 is 0 Å². The summed E-state index contributed by atoms with van der Waals surface area (Å²) in [4.78, 5) is 5.29. The Morgan fingerprint density at radius 3 is 2.90 bits per heavy atom. The zero-order chi connectivity index (χ0) is 15.2. The molecule has 1 N–H and O–H groups in total. The molecule has 2 rings (SSSR count). The van der Waals surface area contributed by atoms with E-state index < -0.39 is 0 Å². The highest BCUT2D eigenvalue weighted by Gasteiger charge is 2.21. The highest BCUT2D eigenvalue weighted by Crippen LogP contribution is 2.24. The number of rotatable bonds is 7. The number of halogens is 1. The Labute approximate surface area is 128 Å². The van der Waals surface area contributed by atoms with Crippen LogP contribution < -0.4 is 5.32 Å². The second-order valence-corrected chi connectivity index (χ2v) is 5.94. The maximum Gasteiger partial charge on any atom is 0.231 e. The van der Waals surface area contributed by atoms with Gasteiger partial charge in [0.25, 0.3) is 0 Å². The first-order valence-corrected chi connectivity index (χ1v) is 8.00. The molecule has 0 amide bonds. The molecule has 1 aromatic carbocycles.